The van der Waals surface area contributed by atoms with Crippen molar-refractivity contribution >= 4 is 21.7 Å². The van der Waals surface area contributed by atoms with Gasteiger partial charge in [-0.15, -0.1) is 0 Å². The fourth-order valence-electron chi connectivity index (χ4n) is 2.44. The molecule has 8 heteroatoms. The van der Waals surface area contributed by atoms with Crippen LogP contribution in [-0.4, -0.2) is 38.9 Å². The van der Waals surface area contributed by atoms with Crippen LogP contribution in [0.2, 0.25) is 0 Å². The number of sulfonamides is 1. The summed E-state index contributed by atoms with van der Waals surface area (Å²) in [5.41, 5.74) is 0. The summed E-state index contributed by atoms with van der Waals surface area (Å²) in [7, 11) is -2.12. The third kappa shape index (κ3) is 4.67. The first-order valence-corrected chi connectivity index (χ1v) is 8.92. The van der Waals surface area contributed by atoms with Crippen molar-refractivity contribution in [3.05, 3.63) is 18.3 Å². The van der Waals surface area contributed by atoms with Gasteiger partial charge in [0.25, 0.3) is 0 Å². The molecule has 0 saturated heterocycles. The van der Waals surface area contributed by atoms with Crippen LogP contribution in [0.3, 0.4) is 0 Å². The van der Waals surface area contributed by atoms with Crippen molar-refractivity contribution in [1.82, 2.24) is 15.0 Å². The quantitative estimate of drug-likeness (QED) is 0.690. The van der Waals surface area contributed by atoms with Crippen molar-refractivity contribution in [3.8, 4) is 0 Å². The van der Waals surface area contributed by atoms with Gasteiger partial charge in [0, 0.05) is 25.2 Å². The Morgan fingerprint density at radius 1 is 1.32 bits per heavy atom. The van der Waals surface area contributed by atoms with Crippen molar-refractivity contribution < 1.29 is 13.2 Å². The van der Waals surface area contributed by atoms with Gasteiger partial charge in [-0.25, -0.2) is 18.1 Å². The summed E-state index contributed by atoms with van der Waals surface area (Å²) < 4.78 is 25.3. The minimum atomic E-state index is -3.47. The zero-order valence-corrected chi connectivity index (χ0v) is 13.4. The van der Waals surface area contributed by atoms with Gasteiger partial charge in [-0.1, -0.05) is 12.8 Å². The Balaban J connectivity index is 1.76. The molecule has 0 aliphatic heterocycles. The van der Waals surface area contributed by atoms with E-state index in [1.807, 2.05) is 0 Å². The zero-order chi connectivity index (χ0) is 16.0. The number of anilines is 1. The van der Waals surface area contributed by atoms with E-state index in [0.717, 1.165) is 12.8 Å². The number of nitrogens with zero attached hydrogens (tertiary/aromatic N) is 1. The lowest BCUT2D eigenvalue weighted by Crippen LogP contribution is -2.33. The second kappa shape index (κ2) is 7.55. The molecule has 3 N–H and O–H groups in total. The van der Waals surface area contributed by atoms with Crippen molar-refractivity contribution in [2.24, 2.45) is 0 Å². The maximum atomic E-state index is 11.8. The Kier molecular flexibility index (Phi) is 5.73. The van der Waals surface area contributed by atoms with Gasteiger partial charge in [-0.05, 0) is 32.0 Å². The van der Waals surface area contributed by atoms with Crippen LogP contribution in [0.4, 0.5) is 5.82 Å². The molecule has 2 rings (SSSR count). The van der Waals surface area contributed by atoms with E-state index < -0.39 is 10.0 Å². The molecule has 1 aromatic heterocycles. The maximum Gasteiger partial charge on any atom is 0.241 e. The molecule has 1 aromatic rings. The molecule has 7 nitrogen and oxygen atoms in total. The van der Waals surface area contributed by atoms with Gasteiger partial charge in [0.15, 0.2) is 0 Å². The summed E-state index contributed by atoms with van der Waals surface area (Å²) in [6, 6.07) is 3.38. The van der Waals surface area contributed by atoms with E-state index >= 15 is 0 Å². The molecular formula is C14H22N4O3S. The largest absolute Gasteiger partial charge is 0.370 e. The first-order valence-electron chi connectivity index (χ1n) is 7.44. The highest BCUT2D eigenvalue weighted by Crippen LogP contribution is 2.17. The van der Waals surface area contributed by atoms with Gasteiger partial charge in [0.2, 0.25) is 15.9 Å². The van der Waals surface area contributed by atoms with Gasteiger partial charge >= 0.3 is 0 Å². The monoisotopic (exact) mass is 326 g/mol. The lowest BCUT2D eigenvalue weighted by atomic mass is 10.2. The first-order chi connectivity index (χ1) is 10.5. The number of aromatic nitrogens is 1. The van der Waals surface area contributed by atoms with Crippen molar-refractivity contribution in [1.29, 1.82) is 0 Å². The molecule has 1 aliphatic carbocycles. The fraction of sp³-hybridized carbons (Fsp3) is 0.571. The second-order valence-electron chi connectivity index (χ2n) is 5.31. The Bertz CT molecular complexity index is 595. The van der Waals surface area contributed by atoms with E-state index in [1.54, 1.807) is 6.07 Å². The van der Waals surface area contributed by atoms with Crippen LogP contribution in [0.25, 0.3) is 0 Å². The summed E-state index contributed by atoms with van der Waals surface area (Å²) in [5.74, 6) is 0.581. The molecule has 0 bridgehead atoms. The standard InChI is InChI=1S/C14H22N4O3S/c1-15-22(20,21)12-6-7-13(17-10-12)16-9-8-14(19)18-11-4-2-3-5-11/h6-7,10-11,15H,2-5,8-9H2,1H3,(H,16,17)(H,18,19). The Hall–Kier alpha value is -1.67. The van der Waals surface area contributed by atoms with Crippen molar-refractivity contribution in [2.75, 3.05) is 18.9 Å². The summed E-state index contributed by atoms with van der Waals surface area (Å²) in [4.78, 5) is 15.9. The van der Waals surface area contributed by atoms with Crippen LogP contribution in [-0.2, 0) is 14.8 Å². The number of hydrogen-bond donors (Lipinski definition) is 3. The van der Waals surface area contributed by atoms with Gasteiger partial charge in [0.05, 0.1) is 0 Å². The SMILES string of the molecule is CNS(=O)(=O)c1ccc(NCCC(=O)NC2CCCC2)nc1. The van der Waals surface area contributed by atoms with Crippen LogP contribution < -0.4 is 15.4 Å². The number of pyridine rings is 1. The lowest BCUT2D eigenvalue weighted by molar-refractivity contribution is -0.121. The number of amides is 1. The van der Waals surface area contributed by atoms with Gasteiger partial charge in [0.1, 0.15) is 10.7 Å². The third-order valence-electron chi connectivity index (χ3n) is 3.69. The molecule has 1 amide bonds. The summed E-state index contributed by atoms with van der Waals surface area (Å²) in [6.45, 7) is 0.462. The van der Waals surface area contributed by atoms with E-state index in [1.165, 1.54) is 32.2 Å². The molecule has 0 aromatic carbocycles. The molecule has 0 unspecified atom stereocenters. The molecule has 0 atom stereocenters. The van der Waals surface area contributed by atoms with Crippen LogP contribution in [0.1, 0.15) is 32.1 Å². The molecule has 1 aliphatic rings. The Morgan fingerprint density at radius 3 is 2.64 bits per heavy atom. The fourth-order valence-corrected chi connectivity index (χ4v) is 3.11. The molecule has 1 saturated carbocycles. The van der Waals surface area contributed by atoms with Gasteiger partial charge in [-0.3, -0.25) is 4.79 Å². The van der Waals surface area contributed by atoms with Crippen LogP contribution in [0.15, 0.2) is 23.2 Å². The average molecular weight is 326 g/mol. The van der Waals surface area contributed by atoms with Crippen molar-refractivity contribution in [2.45, 2.75) is 43.0 Å². The predicted octanol–water partition coefficient (Wildman–Crippen LogP) is 0.850. The minimum absolute atomic E-state index is 0.0359. The van der Waals surface area contributed by atoms with E-state index in [2.05, 4.69) is 20.3 Å². The molecule has 0 radical (unpaired) electrons. The zero-order valence-electron chi connectivity index (χ0n) is 12.6. The average Bonchev–Trinajstić information content (AvgIpc) is 3.00. The van der Waals surface area contributed by atoms with Crippen molar-refractivity contribution in [3.63, 3.8) is 0 Å². The molecular weight excluding hydrogens is 304 g/mol. The molecule has 1 fully saturated rings. The molecule has 0 spiro atoms. The van der Waals surface area contributed by atoms with E-state index in [-0.39, 0.29) is 10.8 Å². The molecule has 1 heterocycles. The maximum absolute atomic E-state index is 11.8. The number of rotatable bonds is 7. The number of hydrogen-bond acceptors (Lipinski definition) is 5. The normalized spacial score (nSPS) is 15.7. The van der Waals surface area contributed by atoms with Crippen LogP contribution in [0, 0.1) is 0 Å². The lowest BCUT2D eigenvalue weighted by Gasteiger charge is -2.12. The van der Waals surface area contributed by atoms with Gasteiger partial charge in [-0.2, -0.15) is 0 Å². The number of nitrogens with one attached hydrogen (secondary N) is 3. The Labute approximate surface area is 131 Å². The van der Waals surface area contributed by atoms with Crippen LogP contribution in [0.5, 0.6) is 0 Å². The molecule has 122 valence electrons. The summed E-state index contributed by atoms with van der Waals surface area (Å²) in [5, 5.41) is 6.02. The third-order valence-corrected chi connectivity index (χ3v) is 5.09. The number of carbonyl (C=O) groups is 1. The summed E-state index contributed by atoms with van der Waals surface area (Å²) in [6.07, 6.45) is 6.18. The smallest absolute Gasteiger partial charge is 0.241 e. The first kappa shape index (κ1) is 16.7. The minimum Gasteiger partial charge on any atom is -0.370 e. The number of carbonyl (C=O) groups excluding carboxylic acids is 1. The Morgan fingerprint density at radius 2 is 2.05 bits per heavy atom. The summed E-state index contributed by atoms with van der Waals surface area (Å²) >= 11 is 0. The second-order valence-corrected chi connectivity index (χ2v) is 7.20. The van der Waals surface area contributed by atoms with E-state index in [4.69, 9.17) is 0 Å². The highest BCUT2D eigenvalue weighted by atomic mass is 32.2. The van der Waals surface area contributed by atoms with E-state index in [9.17, 15) is 13.2 Å². The molecule has 22 heavy (non-hydrogen) atoms. The topological polar surface area (TPSA) is 100 Å². The predicted molar refractivity (Wildman–Crippen MR) is 84.0 cm³/mol. The highest BCUT2D eigenvalue weighted by Gasteiger charge is 2.16. The van der Waals surface area contributed by atoms with Gasteiger partial charge < -0.3 is 10.6 Å². The van der Waals surface area contributed by atoms with E-state index in [0.29, 0.717) is 24.8 Å². The highest BCUT2D eigenvalue weighted by molar-refractivity contribution is 7.89. The van der Waals surface area contributed by atoms with Crippen LogP contribution >= 0.6 is 0 Å².